The van der Waals surface area contributed by atoms with E-state index in [2.05, 4.69) is 32.7 Å². The number of aromatic nitrogens is 3. The molecule has 0 saturated heterocycles. The standard InChI is InChI=1S/C16H30N6O/c1-3-14-21-20-13-22(14)11-10-18-15(17-4-2)19-12-16(23)8-6-5-7-9-16/h13,23H,3-12H2,1-2H3,(H2,17,18,19). The first kappa shape index (κ1) is 17.7. The molecule has 7 heteroatoms. The molecule has 1 heterocycles. The molecule has 130 valence electrons. The molecule has 1 aliphatic carbocycles. The highest BCUT2D eigenvalue weighted by molar-refractivity contribution is 5.79. The SMILES string of the molecule is CCNC(=NCC1(O)CCCCC1)NCCn1cnnc1CC. The zero-order valence-corrected chi connectivity index (χ0v) is 14.4. The van der Waals surface area contributed by atoms with Gasteiger partial charge >= 0.3 is 0 Å². The monoisotopic (exact) mass is 322 g/mol. The lowest BCUT2D eigenvalue weighted by atomic mass is 9.85. The van der Waals surface area contributed by atoms with Crippen molar-refractivity contribution in [3.05, 3.63) is 12.2 Å². The van der Waals surface area contributed by atoms with Gasteiger partial charge in [0.2, 0.25) is 0 Å². The first-order chi connectivity index (χ1) is 11.2. The highest BCUT2D eigenvalue weighted by Gasteiger charge is 2.28. The van der Waals surface area contributed by atoms with Crippen LogP contribution in [0.5, 0.6) is 0 Å². The van der Waals surface area contributed by atoms with E-state index in [-0.39, 0.29) is 0 Å². The fraction of sp³-hybridized carbons (Fsp3) is 0.812. The van der Waals surface area contributed by atoms with Crippen molar-refractivity contribution in [2.24, 2.45) is 4.99 Å². The molecule has 23 heavy (non-hydrogen) atoms. The zero-order valence-electron chi connectivity index (χ0n) is 14.4. The third-order valence-corrected chi connectivity index (χ3v) is 4.32. The molecule has 1 fully saturated rings. The molecule has 7 nitrogen and oxygen atoms in total. The molecular formula is C16H30N6O. The van der Waals surface area contributed by atoms with E-state index in [9.17, 15) is 5.11 Å². The Morgan fingerprint density at radius 2 is 2.09 bits per heavy atom. The van der Waals surface area contributed by atoms with E-state index in [0.29, 0.717) is 6.54 Å². The second-order valence-corrected chi connectivity index (χ2v) is 6.20. The van der Waals surface area contributed by atoms with Crippen LogP contribution in [0.3, 0.4) is 0 Å². The summed E-state index contributed by atoms with van der Waals surface area (Å²) in [5, 5.41) is 25.1. The molecule has 0 spiro atoms. The number of aryl methyl sites for hydroxylation is 1. The van der Waals surface area contributed by atoms with E-state index >= 15 is 0 Å². The van der Waals surface area contributed by atoms with E-state index < -0.39 is 5.60 Å². The third kappa shape index (κ3) is 5.49. The van der Waals surface area contributed by atoms with Crippen LogP contribution in [0.15, 0.2) is 11.3 Å². The molecule has 1 aromatic rings. The van der Waals surface area contributed by atoms with Gasteiger partial charge in [0.25, 0.3) is 0 Å². The fourth-order valence-electron chi connectivity index (χ4n) is 2.97. The van der Waals surface area contributed by atoms with E-state index in [1.165, 1.54) is 6.42 Å². The summed E-state index contributed by atoms with van der Waals surface area (Å²) in [5.41, 5.74) is -0.621. The predicted molar refractivity (Wildman–Crippen MR) is 91.4 cm³/mol. The summed E-state index contributed by atoms with van der Waals surface area (Å²) in [6, 6.07) is 0. The van der Waals surface area contributed by atoms with E-state index in [4.69, 9.17) is 0 Å². The maximum atomic E-state index is 10.5. The molecule has 2 rings (SSSR count). The molecule has 1 aromatic heterocycles. The largest absolute Gasteiger partial charge is 0.388 e. The number of guanidine groups is 1. The minimum atomic E-state index is -0.621. The summed E-state index contributed by atoms with van der Waals surface area (Å²) in [5.74, 6) is 1.75. The molecular weight excluding hydrogens is 292 g/mol. The van der Waals surface area contributed by atoms with E-state index in [1.807, 2.05) is 11.5 Å². The van der Waals surface area contributed by atoms with Crippen molar-refractivity contribution in [2.45, 2.75) is 64.5 Å². The lowest BCUT2D eigenvalue weighted by Gasteiger charge is -2.30. The number of nitrogens with zero attached hydrogens (tertiary/aromatic N) is 4. The molecule has 3 N–H and O–H groups in total. The number of aliphatic imine (C=N–C) groups is 1. The maximum Gasteiger partial charge on any atom is 0.191 e. The summed E-state index contributed by atoms with van der Waals surface area (Å²) in [6.07, 6.45) is 7.78. The summed E-state index contributed by atoms with van der Waals surface area (Å²) in [4.78, 5) is 4.57. The summed E-state index contributed by atoms with van der Waals surface area (Å²) in [6.45, 7) is 6.93. The minimum Gasteiger partial charge on any atom is -0.388 e. The van der Waals surface area contributed by atoms with Crippen LogP contribution in [-0.2, 0) is 13.0 Å². The van der Waals surface area contributed by atoms with Crippen LogP contribution >= 0.6 is 0 Å². The Bertz CT molecular complexity index is 493. The number of rotatable bonds is 7. The number of nitrogens with one attached hydrogen (secondary N) is 2. The second-order valence-electron chi connectivity index (χ2n) is 6.20. The average molecular weight is 322 g/mol. The molecule has 0 atom stereocenters. The Morgan fingerprint density at radius 1 is 1.30 bits per heavy atom. The number of hydrogen-bond donors (Lipinski definition) is 3. The molecule has 0 bridgehead atoms. The van der Waals surface area contributed by atoms with Crippen LogP contribution in [0.1, 0.15) is 51.8 Å². The second kappa shape index (κ2) is 8.86. The molecule has 1 aliphatic rings. The van der Waals surface area contributed by atoms with Crippen LogP contribution in [-0.4, -0.2) is 51.1 Å². The summed E-state index contributed by atoms with van der Waals surface area (Å²) < 4.78 is 2.05. The van der Waals surface area contributed by atoms with Gasteiger partial charge < -0.3 is 20.3 Å². The van der Waals surface area contributed by atoms with Gasteiger partial charge in [0.05, 0.1) is 12.1 Å². The van der Waals surface area contributed by atoms with Gasteiger partial charge in [-0.1, -0.05) is 26.2 Å². The van der Waals surface area contributed by atoms with Crippen LogP contribution in [0, 0.1) is 0 Å². The molecule has 0 aliphatic heterocycles. The zero-order chi connectivity index (χ0) is 16.5. The average Bonchev–Trinajstić information content (AvgIpc) is 3.01. The highest BCUT2D eigenvalue weighted by atomic mass is 16.3. The Kier molecular flexibility index (Phi) is 6.83. The molecule has 1 saturated carbocycles. The Balaban J connectivity index is 1.84. The molecule has 0 unspecified atom stereocenters. The highest BCUT2D eigenvalue weighted by Crippen LogP contribution is 2.28. The Labute approximate surface area is 138 Å². The normalized spacial score (nSPS) is 18.0. The first-order valence-electron chi connectivity index (χ1n) is 8.78. The van der Waals surface area contributed by atoms with Gasteiger partial charge in [-0.05, 0) is 19.8 Å². The van der Waals surface area contributed by atoms with Crippen molar-refractivity contribution in [1.82, 2.24) is 25.4 Å². The van der Waals surface area contributed by atoms with Crippen molar-refractivity contribution < 1.29 is 5.11 Å². The van der Waals surface area contributed by atoms with Crippen LogP contribution in [0.2, 0.25) is 0 Å². The van der Waals surface area contributed by atoms with Crippen LogP contribution in [0.25, 0.3) is 0 Å². The number of aliphatic hydroxyl groups is 1. The number of hydrogen-bond acceptors (Lipinski definition) is 4. The van der Waals surface area contributed by atoms with Gasteiger partial charge in [0.15, 0.2) is 5.96 Å². The summed E-state index contributed by atoms with van der Waals surface area (Å²) in [7, 11) is 0. The fourth-order valence-corrected chi connectivity index (χ4v) is 2.97. The maximum absolute atomic E-state index is 10.5. The van der Waals surface area contributed by atoms with Crippen LogP contribution < -0.4 is 10.6 Å². The molecule has 0 amide bonds. The van der Waals surface area contributed by atoms with E-state index in [0.717, 1.165) is 63.5 Å². The topological polar surface area (TPSA) is 87.4 Å². The van der Waals surface area contributed by atoms with Crippen molar-refractivity contribution in [3.63, 3.8) is 0 Å². The quantitative estimate of drug-likeness (QED) is 0.517. The van der Waals surface area contributed by atoms with Gasteiger partial charge in [-0.2, -0.15) is 0 Å². The smallest absolute Gasteiger partial charge is 0.191 e. The predicted octanol–water partition coefficient (Wildman–Crippen LogP) is 1.09. The lowest BCUT2D eigenvalue weighted by molar-refractivity contribution is 0.0131. The van der Waals surface area contributed by atoms with Crippen molar-refractivity contribution in [3.8, 4) is 0 Å². The Morgan fingerprint density at radius 3 is 2.78 bits per heavy atom. The van der Waals surface area contributed by atoms with Gasteiger partial charge in [0, 0.05) is 26.1 Å². The third-order valence-electron chi connectivity index (χ3n) is 4.32. The molecule has 0 radical (unpaired) electrons. The first-order valence-corrected chi connectivity index (χ1v) is 8.78. The van der Waals surface area contributed by atoms with E-state index in [1.54, 1.807) is 6.33 Å². The van der Waals surface area contributed by atoms with Crippen molar-refractivity contribution >= 4 is 5.96 Å². The summed E-state index contributed by atoms with van der Waals surface area (Å²) >= 11 is 0. The molecule has 0 aromatic carbocycles. The van der Waals surface area contributed by atoms with Crippen molar-refractivity contribution in [2.75, 3.05) is 19.6 Å². The van der Waals surface area contributed by atoms with Crippen LogP contribution in [0.4, 0.5) is 0 Å². The lowest BCUT2D eigenvalue weighted by Crippen LogP contribution is -2.41. The van der Waals surface area contributed by atoms with Gasteiger partial charge in [-0.25, -0.2) is 0 Å². The van der Waals surface area contributed by atoms with Crippen molar-refractivity contribution in [1.29, 1.82) is 0 Å². The van der Waals surface area contributed by atoms with Gasteiger partial charge in [-0.15, -0.1) is 10.2 Å². The minimum absolute atomic E-state index is 0.467. The van der Waals surface area contributed by atoms with Gasteiger partial charge in [0.1, 0.15) is 12.2 Å². The van der Waals surface area contributed by atoms with Gasteiger partial charge in [-0.3, -0.25) is 4.99 Å². The Hall–Kier alpha value is -1.63.